The molecule has 2 nitrogen and oxygen atoms in total. The van der Waals surface area contributed by atoms with E-state index in [4.69, 9.17) is 0 Å². The van der Waals surface area contributed by atoms with E-state index in [9.17, 15) is 0 Å². The molecule has 1 saturated heterocycles. The van der Waals surface area contributed by atoms with E-state index in [1.54, 1.807) is 0 Å². The van der Waals surface area contributed by atoms with Crippen LogP contribution in [0.4, 0.5) is 0 Å². The van der Waals surface area contributed by atoms with Crippen LogP contribution in [0.2, 0.25) is 0 Å². The van der Waals surface area contributed by atoms with Crippen molar-refractivity contribution in [3.63, 3.8) is 0 Å². The molecule has 1 aromatic rings. The van der Waals surface area contributed by atoms with E-state index in [0.29, 0.717) is 0 Å². The van der Waals surface area contributed by atoms with Crippen molar-refractivity contribution >= 4 is 0 Å². The van der Waals surface area contributed by atoms with Gasteiger partial charge in [0.15, 0.2) is 0 Å². The molecule has 0 unspecified atom stereocenters. The number of benzene rings is 1. The van der Waals surface area contributed by atoms with Crippen molar-refractivity contribution in [2.75, 3.05) is 26.2 Å². The van der Waals surface area contributed by atoms with Gasteiger partial charge in [-0.3, -0.25) is 9.80 Å². The largest absolute Gasteiger partial charge is 0.298 e. The van der Waals surface area contributed by atoms with E-state index in [0.717, 1.165) is 12.6 Å². The molecule has 0 aromatic heterocycles. The Morgan fingerprint density at radius 1 is 0.857 bits per heavy atom. The number of hydrogen-bond acceptors (Lipinski definition) is 2. The molecule has 116 valence electrons. The van der Waals surface area contributed by atoms with Crippen LogP contribution in [-0.4, -0.2) is 42.0 Å². The summed E-state index contributed by atoms with van der Waals surface area (Å²) in [5.74, 6) is 0. The maximum atomic E-state index is 2.77. The smallest absolute Gasteiger partial charge is 0.0234 e. The molecule has 1 aromatic carbocycles. The molecule has 0 radical (unpaired) electrons. The van der Waals surface area contributed by atoms with Gasteiger partial charge in [0.1, 0.15) is 0 Å². The molecule has 1 aliphatic heterocycles. The Morgan fingerprint density at radius 3 is 2.10 bits per heavy atom. The molecule has 2 heteroatoms. The number of rotatable bonds is 3. The maximum absolute atomic E-state index is 2.77. The van der Waals surface area contributed by atoms with Crippen LogP contribution in [0.25, 0.3) is 0 Å². The highest BCUT2D eigenvalue weighted by molar-refractivity contribution is 5.21. The molecular formula is C19H30N2. The highest BCUT2D eigenvalue weighted by atomic mass is 15.3. The summed E-state index contributed by atoms with van der Waals surface area (Å²) in [4.78, 5) is 5.40. The molecule has 0 bridgehead atoms. The Balaban J connectivity index is 1.47. The van der Waals surface area contributed by atoms with Crippen LogP contribution in [0.5, 0.6) is 0 Å². The standard InChI is InChI=1S/C19H30N2/c1-17-8-10-18(11-9-17)16-20-12-14-21(15-13-20)19-6-4-2-3-5-7-19/h8-11,19H,2-7,12-16H2,1H3. The van der Waals surface area contributed by atoms with Crippen LogP contribution >= 0.6 is 0 Å². The van der Waals surface area contributed by atoms with Crippen molar-refractivity contribution in [3.05, 3.63) is 35.4 Å². The number of hydrogen-bond donors (Lipinski definition) is 0. The van der Waals surface area contributed by atoms with Crippen LogP contribution in [0.3, 0.4) is 0 Å². The van der Waals surface area contributed by atoms with E-state index < -0.39 is 0 Å². The van der Waals surface area contributed by atoms with Gasteiger partial charge >= 0.3 is 0 Å². The Labute approximate surface area is 130 Å². The molecular weight excluding hydrogens is 256 g/mol. The lowest BCUT2D eigenvalue weighted by molar-refractivity contribution is 0.0851. The molecule has 0 spiro atoms. The normalized spacial score (nSPS) is 23.1. The van der Waals surface area contributed by atoms with E-state index in [1.807, 2.05) is 0 Å². The second kappa shape index (κ2) is 7.42. The average Bonchev–Trinajstić information content (AvgIpc) is 2.80. The Kier molecular flexibility index (Phi) is 5.32. The lowest BCUT2D eigenvalue weighted by Gasteiger charge is -2.39. The summed E-state index contributed by atoms with van der Waals surface area (Å²) in [6, 6.07) is 9.92. The van der Waals surface area contributed by atoms with Gasteiger partial charge in [0, 0.05) is 38.8 Å². The summed E-state index contributed by atoms with van der Waals surface area (Å²) in [6.07, 6.45) is 8.71. The summed E-state index contributed by atoms with van der Waals surface area (Å²) < 4.78 is 0. The fourth-order valence-electron chi connectivity index (χ4n) is 3.86. The minimum absolute atomic E-state index is 0.883. The van der Waals surface area contributed by atoms with Crippen LogP contribution < -0.4 is 0 Å². The third-order valence-corrected chi connectivity index (χ3v) is 5.27. The fraction of sp³-hybridized carbons (Fsp3) is 0.684. The Bertz CT molecular complexity index is 410. The topological polar surface area (TPSA) is 6.48 Å². The van der Waals surface area contributed by atoms with Gasteiger partial charge in [-0.1, -0.05) is 55.5 Å². The summed E-state index contributed by atoms with van der Waals surface area (Å²) in [5, 5.41) is 0. The SMILES string of the molecule is Cc1ccc(CN2CCN(C3CCCCCC3)CC2)cc1. The maximum Gasteiger partial charge on any atom is 0.0234 e. The third-order valence-electron chi connectivity index (χ3n) is 5.27. The van der Waals surface area contributed by atoms with Crippen LogP contribution in [0, 0.1) is 6.92 Å². The van der Waals surface area contributed by atoms with Crippen molar-refractivity contribution in [3.8, 4) is 0 Å². The number of nitrogens with zero attached hydrogens (tertiary/aromatic N) is 2. The highest BCUT2D eigenvalue weighted by Crippen LogP contribution is 2.23. The van der Waals surface area contributed by atoms with E-state index >= 15 is 0 Å². The summed E-state index contributed by atoms with van der Waals surface area (Å²) in [7, 11) is 0. The number of piperazine rings is 1. The van der Waals surface area contributed by atoms with Gasteiger partial charge in [-0.05, 0) is 25.3 Å². The lowest BCUT2D eigenvalue weighted by Crippen LogP contribution is -2.49. The lowest BCUT2D eigenvalue weighted by atomic mass is 10.1. The highest BCUT2D eigenvalue weighted by Gasteiger charge is 2.24. The predicted octanol–water partition coefficient (Wildman–Crippen LogP) is 3.84. The first-order chi connectivity index (χ1) is 10.3. The third kappa shape index (κ3) is 4.31. The zero-order chi connectivity index (χ0) is 14.5. The molecule has 21 heavy (non-hydrogen) atoms. The van der Waals surface area contributed by atoms with Gasteiger partial charge in [-0.2, -0.15) is 0 Å². The van der Waals surface area contributed by atoms with Crippen LogP contribution in [-0.2, 0) is 6.54 Å². The Hall–Kier alpha value is -0.860. The minimum Gasteiger partial charge on any atom is -0.298 e. The molecule has 1 heterocycles. The first-order valence-corrected chi connectivity index (χ1v) is 8.83. The second-order valence-electron chi connectivity index (χ2n) is 6.94. The van der Waals surface area contributed by atoms with Gasteiger partial charge in [0.25, 0.3) is 0 Å². The van der Waals surface area contributed by atoms with Crippen molar-refractivity contribution in [1.82, 2.24) is 9.80 Å². The molecule has 0 atom stereocenters. The van der Waals surface area contributed by atoms with Gasteiger partial charge in [-0.15, -0.1) is 0 Å². The first-order valence-electron chi connectivity index (χ1n) is 8.83. The monoisotopic (exact) mass is 286 g/mol. The predicted molar refractivity (Wildman–Crippen MR) is 89.5 cm³/mol. The molecule has 3 rings (SSSR count). The molecule has 1 saturated carbocycles. The summed E-state index contributed by atoms with van der Waals surface area (Å²) in [6.45, 7) is 8.32. The second-order valence-corrected chi connectivity index (χ2v) is 6.94. The average molecular weight is 286 g/mol. The van der Waals surface area contributed by atoms with Crippen molar-refractivity contribution < 1.29 is 0 Å². The van der Waals surface area contributed by atoms with Gasteiger partial charge in [0.2, 0.25) is 0 Å². The molecule has 0 amide bonds. The fourth-order valence-corrected chi connectivity index (χ4v) is 3.86. The summed E-state index contributed by atoms with van der Waals surface area (Å²) in [5.41, 5.74) is 2.82. The minimum atomic E-state index is 0.883. The summed E-state index contributed by atoms with van der Waals surface area (Å²) >= 11 is 0. The van der Waals surface area contributed by atoms with E-state index in [-0.39, 0.29) is 0 Å². The Morgan fingerprint density at radius 2 is 1.48 bits per heavy atom. The van der Waals surface area contributed by atoms with Gasteiger partial charge in [-0.25, -0.2) is 0 Å². The van der Waals surface area contributed by atoms with Crippen molar-refractivity contribution in [2.45, 2.75) is 58.0 Å². The quantitative estimate of drug-likeness (QED) is 0.779. The van der Waals surface area contributed by atoms with Crippen LogP contribution in [0.1, 0.15) is 49.7 Å². The van der Waals surface area contributed by atoms with Crippen molar-refractivity contribution in [1.29, 1.82) is 0 Å². The molecule has 2 aliphatic rings. The van der Waals surface area contributed by atoms with Gasteiger partial charge in [0.05, 0.1) is 0 Å². The van der Waals surface area contributed by atoms with Gasteiger partial charge < -0.3 is 0 Å². The molecule has 1 aliphatic carbocycles. The van der Waals surface area contributed by atoms with Crippen molar-refractivity contribution in [2.24, 2.45) is 0 Å². The van der Waals surface area contributed by atoms with Crippen LogP contribution in [0.15, 0.2) is 24.3 Å². The van der Waals surface area contributed by atoms with E-state index in [1.165, 1.54) is 75.8 Å². The number of aryl methyl sites for hydroxylation is 1. The zero-order valence-corrected chi connectivity index (χ0v) is 13.6. The molecule has 0 N–H and O–H groups in total. The molecule has 2 fully saturated rings. The van der Waals surface area contributed by atoms with E-state index in [2.05, 4.69) is 41.0 Å². The first kappa shape index (κ1) is 15.1. The zero-order valence-electron chi connectivity index (χ0n) is 13.6.